The number of hydrogen-bond acceptors (Lipinski definition) is 7. The molecular weight excluding hydrogens is 406 g/mol. The van der Waals surface area contributed by atoms with Crippen LogP contribution in [0.4, 0.5) is 0 Å². The molecule has 2 atom stereocenters. The summed E-state index contributed by atoms with van der Waals surface area (Å²) in [5.41, 5.74) is 1.80. The van der Waals surface area contributed by atoms with Crippen LogP contribution in [0.5, 0.6) is 0 Å². The molecule has 0 spiro atoms. The number of rotatable bonds is 6. The predicted octanol–water partition coefficient (Wildman–Crippen LogP) is 2.49. The standard InChI is InChI=1S/C17H17N3OS.C4H4O4/c18-11-14-7-4-8-20-17(14)22-16(13-5-2-1-3-6-13)15-12-19-9-10-21-15;5-3(6)1-2-4(7)8/h1-8,15-16,19H,9-10,12H2;1-2H,(H,5,6)(H,7,8)/t15?,16-;/m0./s1. The molecule has 3 N–H and O–H groups in total. The van der Waals surface area contributed by atoms with Gasteiger partial charge in [0.2, 0.25) is 0 Å². The summed E-state index contributed by atoms with van der Waals surface area (Å²) >= 11 is 1.60. The summed E-state index contributed by atoms with van der Waals surface area (Å²) in [5, 5.41) is 29.1. The molecule has 1 aliphatic rings. The Labute approximate surface area is 178 Å². The van der Waals surface area contributed by atoms with E-state index in [4.69, 9.17) is 14.9 Å². The predicted molar refractivity (Wildman–Crippen MR) is 111 cm³/mol. The summed E-state index contributed by atoms with van der Waals surface area (Å²) in [4.78, 5) is 23.5. The number of carbonyl (C=O) groups is 2. The van der Waals surface area contributed by atoms with Crippen molar-refractivity contribution in [2.24, 2.45) is 0 Å². The molecule has 1 fully saturated rings. The second kappa shape index (κ2) is 12.4. The van der Waals surface area contributed by atoms with Gasteiger partial charge in [-0.1, -0.05) is 42.1 Å². The Morgan fingerprint density at radius 2 is 1.90 bits per heavy atom. The Morgan fingerprint density at radius 3 is 2.47 bits per heavy atom. The van der Waals surface area contributed by atoms with Crippen LogP contribution in [0.2, 0.25) is 0 Å². The lowest BCUT2D eigenvalue weighted by Crippen LogP contribution is -2.41. The molecule has 2 heterocycles. The van der Waals surface area contributed by atoms with E-state index in [-0.39, 0.29) is 11.4 Å². The zero-order chi connectivity index (χ0) is 21.8. The van der Waals surface area contributed by atoms with Crippen LogP contribution in [0, 0.1) is 11.3 Å². The molecule has 156 valence electrons. The summed E-state index contributed by atoms with van der Waals surface area (Å²) in [6.45, 7) is 2.40. The van der Waals surface area contributed by atoms with Crippen LogP contribution in [-0.2, 0) is 14.3 Å². The van der Waals surface area contributed by atoms with E-state index in [1.165, 1.54) is 5.56 Å². The summed E-state index contributed by atoms with van der Waals surface area (Å²) in [5.74, 6) is -2.51. The van der Waals surface area contributed by atoms with E-state index in [0.29, 0.717) is 24.3 Å². The van der Waals surface area contributed by atoms with Gasteiger partial charge in [0, 0.05) is 31.4 Å². The number of nitriles is 1. The molecule has 0 saturated carbocycles. The minimum atomic E-state index is -1.26. The van der Waals surface area contributed by atoms with E-state index in [2.05, 4.69) is 28.5 Å². The average Bonchev–Trinajstić information content (AvgIpc) is 2.78. The van der Waals surface area contributed by atoms with E-state index in [0.717, 1.165) is 18.1 Å². The molecule has 9 heteroatoms. The van der Waals surface area contributed by atoms with Gasteiger partial charge in [0.05, 0.1) is 23.5 Å². The minimum Gasteiger partial charge on any atom is -0.478 e. The molecule has 1 aromatic heterocycles. The molecule has 0 aliphatic carbocycles. The van der Waals surface area contributed by atoms with E-state index >= 15 is 0 Å². The number of aromatic nitrogens is 1. The summed E-state index contributed by atoms with van der Waals surface area (Å²) in [6.07, 6.45) is 2.91. The molecule has 0 amide bonds. The molecule has 1 unspecified atom stereocenters. The van der Waals surface area contributed by atoms with Crippen molar-refractivity contribution in [3.8, 4) is 6.07 Å². The number of ether oxygens (including phenoxy) is 1. The molecule has 1 saturated heterocycles. The first-order valence-electron chi connectivity index (χ1n) is 9.04. The van der Waals surface area contributed by atoms with Crippen molar-refractivity contribution in [3.05, 3.63) is 71.9 Å². The zero-order valence-corrected chi connectivity index (χ0v) is 16.8. The third kappa shape index (κ3) is 7.67. The van der Waals surface area contributed by atoms with Crippen molar-refractivity contribution in [2.75, 3.05) is 19.7 Å². The van der Waals surface area contributed by atoms with Crippen molar-refractivity contribution in [1.29, 1.82) is 5.26 Å². The number of morpholine rings is 1. The first kappa shape index (κ1) is 23.1. The molecule has 0 bridgehead atoms. The normalized spacial score (nSPS) is 16.7. The van der Waals surface area contributed by atoms with Crippen molar-refractivity contribution in [2.45, 2.75) is 16.4 Å². The SMILES string of the molecule is N#Cc1cccnc1S[C@@H](c1ccccc1)C1CNCCO1.O=C(O)C=CC(=O)O. The summed E-state index contributed by atoms with van der Waals surface area (Å²) < 4.78 is 5.95. The molecule has 3 rings (SSSR count). The number of carboxylic acids is 2. The maximum absolute atomic E-state index is 9.55. The Bertz CT molecular complexity index is 892. The lowest BCUT2D eigenvalue weighted by molar-refractivity contribution is -0.134. The Balaban J connectivity index is 0.000000343. The van der Waals surface area contributed by atoms with Gasteiger partial charge in [-0.2, -0.15) is 5.26 Å². The van der Waals surface area contributed by atoms with Crippen LogP contribution in [0.25, 0.3) is 0 Å². The number of benzene rings is 1. The smallest absolute Gasteiger partial charge is 0.328 e. The van der Waals surface area contributed by atoms with Crippen LogP contribution in [0.3, 0.4) is 0 Å². The highest BCUT2D eigenvalue weighted by atomic mass is 32.2. The van der Waals surface area contributed by atoms with Crippen LogP contribution in [0.15, 0.2) is 65.8 Å². The maximum atomic E-state index is 9.55. The van der Waals surface area contributed by atoms with E-state index in [9.17, 15) is 14.9 Å². The fourth-order valence-electron chi connectivity index (χ4n) is 2.61. The van der Waals surface area contributed by atoms with Crippen molar-refractivity contribution >= 4 is 23.7 Å². The Morgan fingerprint density at radius 1 is 1.20 bits per heavy atom. The second-order valence-electron chi connectivity index (χ2n) is 6.04. The molecule has 0 radical (unpaired) electrons. The lowest BCUT2D eigenvalue weighted by atomic mass is 10.1. The summed E-state index contributed by atoms with van der Waals surface area (Å²) in [6, 6.07) is 16.1. The van der Waals surface area contributed by atoms with Gasteiger partial charge in [-0.05, 0) is 17.7 Å². The fourth-order valence-corrected chi connectivity index (χ4v) is 3.84. The third-order valence-corrected chi connectivity index (χ3v) is 5.30. The highest BCUT2D eigenvalue weighted by Crippen LogP contribution is 2.39. The van der Waals surface area contributed by atoms with Gasteiger partial charge in [-0.15, -0.1) is 0 Å². The number of carboxylic acid groups (broad SMARTS) is 2. The number of thioether (sulfide) groups is 1. The topological polar surface area (TPSA) is 133 Å². The van der Waals surface area contributed by atoms with Gasteiger partial charge in [-0.25, -0.2) is 14.6 Å². The first-order chi connectivity index (χ1) is 14.5. The van der Waals surface area contributed by atoms with E-state index in [1.54, 1.807) is 30.1 Å². The zero-order valence-electron chi connectivity index (χ0n) is 16.0. The van der Waals surface area contributed by atoms with Crippen LogP contribution < -0.4 is 5.32 Å². The molecule has 1 aromatic carbocycles. The highest BCUT2D eigenvalue weighted by Gasteiger charge is 2.28. The van der Waals surface area contributed by atoms with E-state index in [1.807, 2.05) is 18.2 Å². The Hall–Kier alpha value is -3.19. The average molecular weight is 427 g/mol. The van der Waals surface area contributed by atoms with Gasteiger partial charge in [-0.3, -0.25) is 0 Å². The highest BCUT2D eigenvalue weighted by molar-refractivity contribution is 7.99. The van der Waals surface area contributed by atoms with Crippen LogP contribution in [-0.4, -0.2) is 52.9 Å². The van der Waals surface area contributed by atoms with E-state index < -0.39 is 11.9 Å². The number of nitrogens with one attached hydrogen (secondary N) is 1. The van der Waals surface area contributed by atoms with Crippen molar-refractivity contribution < 1.29 is 24.5 Å². The van der Waals surface area contributed by atoms with Crippen LogP contribution in [0.1, 0.15) is 16.4 Å². The van der Waals surface area contributed by atoms with Gasteiger partial charge in [0.15, 0.2) is 0 Å². The van der Waals surface area contributed by atoms with Gasteiger partial charge >= 0.3 is 11.9 Å². The second-order valence-corrected chi connectivity index (χ2v) is 7.17. The first-order valence-corrected chi connectivity index (χ1v) is 9.92. The minimum absolute atomic E-state index is 0.0645. The molecule has 1 aliphatic heterocycles. The van der Waals surface area contributed by atoms with Crippen molar-refractivity contribution in [1.82, 2.24) is 10.3 Å². The van der Waals surface area contributed by atoms with Crippen LogP contribution >= 0.6 is 11.8 Å². The van der Waals surface area contributed by atoms with Gasteiger partial charge in [0.25, 0.3) is 0 Å². The Kier molecular flexibility index (Phi) is 9.54. The fraction of sp³-hybridized carbons (Fsp3) is 0.238. The quantitative estimate of drug-likeness (QED) is 0.470. The summed E-state index contributed by atoms with van der Waals surface area (Å²) in [7, 11) is 0. The number of pyridine rings is 1. The van der Waals surface area contributed by atoms with Gasteiger partial charge in [0.1, 0.15) is 11.1 Å². The molecule has 30 heavy (non-hydrogen) atoms. The number of hydrogen-bond donors (Lipinski definition) is 3. The molecule has 8 nitrogen and oxygen atoms in total. The molecular formula is C21H21N3O5S. The van der Waals surface area contributed by atoms with Crippen molar-refractivity contribution in [3.63, 3.8) is 0 Å². The lowest BCUT2D eigenvalue weighted by Gasteiger charge is -2.30. The largest absolute Gasteiger partial charge is 0.478 e. The number of nitrogens with zero attached hydrogens (tertiary/aromatic N) is 2. The molecule has 2 aromatic rings. The maximum Gasteiger partial charge on any atom is 0.328 e. The monoisotopic (exact) mass is 427 g/mol. The third-order valence-electron chi connectivity index (χ3n) is 3.92. The number of aliphatic carboxylic acids is 2. The van der Waals surface area contributed by atoms with Gasteiger partial charge < -0.3 is 20.3 Å².